The molecule has 0 unspecified atom stereocenters. The summed E-state index contributed by atoms with van der Waals surface area (Å²) in [6, 6.07) is 3.36. The highest BCUT2D eigenvalue weighted by molar-refractivity contribution is 7.13. The Bertz CT molecular complexity index is 596. The molecular weight excluding hydrogens is 288 g/mol. The Morgan fingerprint density at radius 3 is 2.86 bits per heavy atom. The lowest BCUT2D eigenvalue weighted by atomic mass is 10.2. The molecule has 110 valence electrons. The SMILES string of the molecule is O=C(Nc1nc(CN2CCOCC2)cs1)c1ccncc1. The highest BCUT2D eigenvalue weighted by Gasteiger charge is 2.13. The minimum Gasteiger partial charge on any atom is -0.379 e. The molecule has 6 nitrogen and oxygen atoms in total. The van der Waals surface area contributed by atoms with E-state index in [0.717, 1.165) is 38.5 Å². The van der Waals surface area contributed by atoms with Gasteiger partial charge >= 0.3 is 0 Å². The second-order valence-electron chi connectivity index (χ2n) is 4.72. The second-order valence-corrected chi connectivity index (χ2v) is 5.58. The van der Waals surface area contributed by atoms with Gasteiger partial charge in [0, 0.05) is 43.0 Å². The Morgan fingerprint density at radius 2 is 2.10 bits per heavy atom. The molecule has 2 aromatic heterocycles. The zero-order chi connectivity index (χ0) is 14.5. The van der Waals surface area contributed by atoms with Crippen LogP contribution in [0.5, 0.6) is 0 Å². The van der Waals surface area contributed by atoms with E-state index in [-0.39, 0.29) is 5.91 Å². The zero-order valence-corrected chi connectivity index (χ0v) is 12.3. The average molecular weight is 304 g/mol. The van der Waals surface area contributed by atoms with Gasteiger partial charge in [0.1, 0.15) is 0 Å². The molecular formula is C14H16N4O2S. The van der Waals surface area contributed by atoms with Crippen LogP contribution in [0.4, 0.5) is 5.13 Å². The molecule has 0 bridgehead atoms. The third-order valence-electron chi connectivity index (χ3n) is 3.20. The first-order valence-corrected chi connectivity index (χ1v) is 7.65. The van der Waals surface area contributed by atoms with E-state index in [0.29, 0.717) is 10.7 Å². The summed E-state index contributed by atoms with van der Waals surface area (Å²) in [6.07, 6.45) is 3.20. The molecule has 0 atom stereocenters. The standard InChI is InChI=1S/C14H16N4O2S/c19-13(11-1-3-15-4-2-11)17-14-16-12(10-21-14)9-18-5-7-20-8-6-18/h1-4,10H,5-9H2,(H,16,17,19). The predicted octanol–water partition coefficient (Wildman–Crippen LogP) is 1.62. The quantitative estimate of drug-likeness (QED) is 0.930. The Morgan fingerprint density at radius 1 is 1.33 bits per heavy atom. The number of hydrogen-bond acceptors (Lipinski definition) is 6. The smallest absolute Gasteiger partial charge is 0.257 e. The number of nitrogens with zero attached hydrogens (tertiary/aromatic N) is 3. The van der Waals surface area contributed by atoms with E-state index >= 15 is 0 Å². The molecule has 7 heteroatoms. The van der Waals surface area contributed by atoms with Crippen LogP contribution in [-0.2, 0) is 11.3 Å². The lowest BCUT2D eigenvalue weighted by molar-refractivity contribution is 0.0337. The van der Waals surface area contributed by atoms with E-state index in [9.17, 15) is 4.79 Å². The number of thiazole rings is 1. The fraction of sp³-hybridized carbons (Fsp3) is 0.357. The van der Waals surface area contributed by atoms with Crippen molar-refractivity contribution in [2.45, 2.75) is 6.54 Å². The molecule has 3 heterocycles. The molecule has 2 aromatic rings. The highest BCUT2D eigenvalue weighted by Crippen LogP contribution is 2.18. The Kier molecular flexibility index (Phi) is 4.54. The lowest BCUT2D eigenvalue weighted by Crippen LogP contribution is -2.35. The fourth-order valence-corrected chi connectivity index (χ4v) is 2.79. The number of hydrogen-bond donors (Lipinski definition) is 1. The Balaban J connectivity index is 1.58. The van der Waals surface area contributed by atoms with Crippen molar-refractivity contribution in [2.75, 3.05) is 31.6 Å². The van der Waals surface area contributed by atoms with Gasteiger partial charge in [-0.05, 0) is 12.1 Å². The van der Waals surface area contributed by atoms with Crippen LogP contribution in [0.3, 0.4) is 0 Å². The van der Waals surface area contributed by atoms with Crippen LogP contribution in [0.25, 0.3) is 0 Å². The third-order valence-corrected chi connectivity index (χ3v) is 4.01. The first-order valence-electron chi connectivity index (χ1n) is 6.77. The summed E-state index contributed by atoms with van der Waals surface area (Å²) >= 11 is 1.44. The molecule has 0 radical (unpaired) electrons. The van der Waals surface area contributed by atoms with Crippen molar-refractivity contribution in [2.24, 2.45) is 0 Å². The van der Waals surface area contributed by atoms with Crippen molar-refractivity contribution in [3.05, 3.63) is 41.2 Å². The summed E-state index contributed by atoms with van der Waals surface area (Å²) in [4.78, 5) is 22.7. The van der Waals surface area contributed by atoms with Gasteiger partial charge in [0.2, 0.25) is 0 Å². The van der Waals surface area contributed by atoms with Crippen molar-refractivity contribution >= 4 is 22.4 Å². The van der Waals surface area contributed by atoms with Crippen LogP contribution in [-0.4, -0.2) is 47.1 Å². The Hall–Kier alpha value is -1.83. The number of ether oxygens (including phenoxy) is 1. The average Bonchev–Trinajstić information content (AvgIpc) is 2.96. The molecule has 1 aliphatic heterocycles. The van der Waals surface area contributed by atoms with Crippen molar-refractivity contribution in [1.82, 2.24) is 14.9 Å². The fourth-order valence-electron chi connectivity index (χ4n) is 2.10. The Labute approximate surface area is 126 Å². The molecule has 1 amide bonds. The minimum absolute atomic E-state index is 0.162. The number of rotatable bonds is 4. The third kappa shape index (κ3) is 3.84. The summed E-state index contributed by atoms with van der Waals surface area (Å²) < 4.78 is 5.32. The molecule has 0 spiro atoms. The highest BCUT2D eigenvalue weighted by atomic mass is 32.1. The molecule has 1 N–H and O–H groups in total. The number of anilines is 1. The van der Waals surface area contributed by atoms with E-state index in [1.807, 2.05) is 5.38 Å². The molecule has 1 saturated heterocycles. The van der Waals surface area contributed by atoms with E-state index in [2.05, 4.69) is 20.2 Å². The van der Waals surface area contributed by atoms with Crippen molar-refractivity contribution in [3.63, 3.8) is 0 Å². The molecule has 3 rings (SSSR count). The van der Waals surface area contributed by atoms with Gasteiger partial charge in [-0.15, -0.1) is 11.3 Å². The van der Waals surface area contributed by atoms with Gasteiger partial charge in [0.05, 0.1) is 18.9 Å². The predicted molar refractivity (Wildman–Crippen MR) is 80.4 cm³/mol. The largest absolute Gasteiger partial charge is 0.379 e. The van der Waals surface area contributed by atoms with Gasteiger partial charge in [-0.2, -0.15) is 0 Å². The first-order chi connectivity index (χ1) is 10.3. The molecule has 0 saturated carbocycles. The molecule has 21 heavy (non-hydrogen) atoms. The molecule has 1 aliphatic rings. The van der Waals surface area contributed by atoms with E-state index in [1.54, 1.807) is 24.5 Å². The van der Waals surface area contributed by atoms with Gasteiger partial charge < -0.3 is 4.74 Å². The normalized spacial score (nSPS) is 15.8. The first kappa shape index (κ1) is 14.1. The molecule has 0 aromatic carbocycles. The second kappa shape index (κ2) is 6.75. The summed E-state index contributed by atoms with van der Waals surface area (Å²) in [7, 11) is 0. The number of morpholine rings is 1. The van der Waals surface area contributed by atoms with Crippen LogP contribution in [0.15, 0.2) is 29.9 Å². The maximum atomic E-state index is 12.0. The van der Waals surface area contributed by atoms with Gasteiger partial charge in [-0.1, -0.05) is 0 Å². The van der Waals surface area contributed by atoms with Gasteiger partial charge in [0.25, 0.3) is 5.91 Å². The lowest BCUT2D eigenvalue weighted by Gasteiger charge is -2.25. The topological polar surface area (TPSA) is 67.4 Å². The zero-order valence-electron chi connectivity index (χ0n) is 11.5. The van der Waals surface area contributed by atoms with Crippen LogP contribution in [0.2, 0.25) is 0 Å². The summed E-state index contributed by atoms with van der Waals surface area (Å²) in [5.74, 6) is -0.162. The number of nitrogens with one attached hydrogen (secondary N) is 1. The molecule has 1 fully saturated rings. The van der Waals surface area contributed by atoms with Crippen molar-refractivity contribution in [1.29, 1.82) is 0 Å². The van der Waals surface area contributed by atoms with Gasteiger partial charge in [-0.3, -0.25) is 20.0 Å². The maximum Gasteiger partial charge on any atom is 0.257 e. The van der Waals surface area contributed by atoms with Crippen molar-refractivity contribution < 1.29 is 9.53 Å². The van der Waals surface area contributed by atoms with Crippen LogP contribution in [0, 0.1) is 0 Å². The number of aromatic nitrogens is 2. The summed E-state index contributed by atoms with van der Waals surface area (Å²) in [5, 5.41) is 5.42. The van der Waals surface area contributed by atoms with Gasteiger partial charge in [0.15, 0.2) is 5.13 Å². The van der Waals surface area contributed by atoms with E-state index in [1.165, 1.54) is 11.3 Å². The monoisotopic (exact) mass is 304 g/mol. The van der Waals surface area contributed by atoms with E-state index < -0.39 is 0 Å². The minimum atomic E-state index is -0.162. The summed E-state index contributed by atoms with van der Waals surface area (Å²) in [5.41, 5.74) is 1.56. The van der Waals surface area contributed by atoms with Crippen LogP contribution >= 0.6 is 11.3 Å². The maximum absolute atomic E-state index is 12.0. The number of amides is 1. The van der Waals surface area contributed by atoms with Gasteiger partial charge in [-0.25, -0.2) is 4.98 Å². The van der Waals surface area contributed by atoms with Crippen LogP contribution < -0.4 is 5.32 Å². The van der Waals surface area contributed by atoms with Crippen LogP contribution in [0.1, 0.15) is 16.1 Å². The molecule has 0 aliphatic carbocycles. The van der Waals surface area contributed by atoms with Crippen molar-refractivity contribution in [3.8, 4) is 0 Å². The number of carbonyl (C=O) groups is 1. The number of pyridine rings is 1. The van der Waals surface area contributed by atoms with E-state index in [4.69, 9.17) is 4.74 Å². The summed E-state index contributed by atoms with van der Waals surface area (Å²) in [6.45, 7) is 4.20. The number of carbonyl (C=O) groups excluding carboxylic acids is 1.